The number of hydrogen-bond donors (Lipinski definition) is 1. The van der Waals surface area contributed by atoms with Crippen LogP contribution in [0.3, 0.4) is 0 Å². The van der Waals surface area contributed by atoms with Crippen LogP contribution < -0.4 is 0 Å². The number of carbonyl (C=O) groups excluding carboxylic acids is 1. The first-order valence-electron chi connectivity index (χ1n) is 3.63. The maximum atomic E-state index is 12.0. The number of hydrogen-bond acceptors (Lipinski definition) is 3. The van der Waals surface area contributed by atoms with Gasteiger partial charge < -0.3 is 5.11 Å². The summed E-state index contributed by atoms with van der Waals surface area (Å²) >= 11 is 0. The van der Waals surface area contributed by atoms with Crippen LogP contribution in [0.4, 0.5) is 13.2 Å². The van der Waals surface area contributed by atoms with Crippen molar-refractivity contribution < 1.29 is 27.9 Å². The highest BCUT2D eigenvalue weighted by Gasteiger charge is 2.31. The number of halogens is 3. The lowest BCUT2D eigenvalue weighted by molar-refractivity contribution is -0.137. The summed E-state index contributed by atoms with van der Waals surface area (Å²) in [6.45, 7) is 0. The summed E-state index contributed by atoms with van der Waals surface area (Å²) in [5.41, 5.74) is -1.57. The van der Waals surface area contributed by atoms with Gasteiger partial charge in [-0.1, -0.05) is 0 Å². The minimum atomic E-state index is -4.56. The largest absolute Gasteiger partial charge is 0.475 e. The van der Waals surface area contributed by atoms with Crippen molar-refractivity contribution in [3.8, 4) is 0 Å². The van der Waals surface area contributed by atoms with Gasteiger partial charge in [-0.05, 0) is 12.1 Å². The van der Waals surface area contributed by atoms with Crippen molar-refractivity contribution in [3.05, 3.63) is 29.6 Å². The number of carbonyl (C=O) groups is 2. The van der Waals surface area contributed by atoms with Gasteiger partial charge in [0.25, 0.3) is 5.78 Å². The molecule has 1 rings (SSSR count). The molecule has 1 aromatic heterocycles. The molecule has 1 aromatic rings. The number of nitrogens with zero attached hydrogens (tertiary/aromatic N) is 1. The number of carboxylic acids is 1. The molecule has 0 aromatic carbocycles. The van der Waals surface area contributed by atoms with Crippen molar-refractivity contribution in [2.45, 2.75) is 6.18 Å². The van der Waals surface area contributed by atoms with Gasteiger partial charge in [0.2, 0.25) is 0 Å². The van der Waals surface area contributed by atoms with Crippen molar-refractivity contribution in [1.29, 1.82) is 0 Å². The summed E-state index contributed by atoms with van der Waals surface area (Å²) in [7, 11) is 0. The highest BCUT2D eigenvalue weighted by atomic mass is 19.4. The van der Waals surface area contributed by atoms with Gasteiger partial charge in [-0.25, -0.2) is 4.79 Å². The number of aromatic nitrogens is 1. The SMILES string of the molecule is O=C(O)C(=O)c1ccc(C(F)(F)F)cn1. The molecule has 0 aliphatic carbocycles. The van der Waals surface area contributed by atoms with Gasteiger partial charge in [0, 0.05) is 6.20 Å². The summed E-state index contributed by atoms with van der Waals surface area (Å²) in [4.78, 5) is 24.0. The molecule has 0 unspecified atom stereocenters. The summed E-state index contributed by atoms with van der Waals surface area (Å²) in [6.07, 6.45) is -4.14. The highest BCUT2D eigenvalue weighted by molar-refractivity contribution is 6.39. The topological polar surface area (TPSA) is 67.3 Å². The van der Waals surface area contributed by atoms with Crippen molar-refractivity contribution in [3.63, 3.8) is 0 Å². The van der Waals surface area contributed by atoms with Crippen LogP contribution in [0, 0.1) is 0 Å². The Labute approximate surface area is 81.4 Å². The summed E-state index contributed by atoms with van der Waals surface area (Å²) < 4.78 is 36.1. The Bertz CT molecular complexity index is 397. The van der Waals surface area contributed by atoms with E-state index in [1.165, 1.54) is 0 Å². The molecule has 4 nitrogen and oxygen atoms in total. The normalized spacial score (nSPS) is 11.1. The molecule has 0 saturated carbocycles. The van der Waals surface area contributed by atoms with Crippen molar-refractivity contribution in [2.75, 3.05) is 0 Å². The maximum absolute atomic E-state index is 12.0. The fourth-order valence-electron chi connectivity index (χ4n) is 0.805. The molecule has 0 amide bonds. The Balaban J connectivity index is 3.01. The van der Waals surface area contributed by atoms with E-state index in [2.05, 4.69) is 4.98 Å². The molecule has 7 heteroatoms. The highest BCUT2D eigenvalue weighted by Crippen LogP contribution is 2.28. The molecular weight excluding hydrogens is 215 g/mol. The van der Waals surface area contributed by atoms with E-state index in [0.29, 0.717) is 12.3 Å². The van der Waals surface area contributed by atoms with Crippen molar-refractivity contribution in [2.24, 2.45) is 0 Å². The lowest BCUT2D eigenvalue weighted by Gasteiger charge is -2.05. The van der Waals surface area contributed by atoms with E-state index in [-0.39, 0.29) is 0 Å². The average Bonchev–Trinajstić information content (AvgIpc) is 2.15. The van der Waals surface area contributed by atoms with E-state index in [0.717, 1.165) is 6.07 Å². The molecule has 0 aliphatic rings. The lowest BCUT2D eigenvalue weighted by Crippen LogP contribution is -2.15. The van der Waals surface area contributed by atoms with Gasteiger partial charge in [0.1, 0.15) is 5.69 Å². The first kappa shape index (κ1) is 11.2. The van der Waals surface area contributed by atoms with Crippen LogP contribution in [-0.2, 0) is 11.0 Å². The number of pyridine rings is 1. The molecule has 15 heavy (non-hydrogen) atoms. The van der Waals surface area contributed by atoms with E-state index in [1.54, 1.807) is 0 Å². The van der Waals surface area contributed by atoms with Crippen LogP contribution in [-0.4, -0.2) is 21.8 Å². The Kier molecular flexibility index (Phi) is 2.74. The van der Waals surface area contributed by atoms with Crippen LogP contribution in [0.25, 0.3) is 0 Å². The third-order valence-electron chi connectivity index (χ3n) is 1.52. The Hall–Kier alpha value is -1.92. The van der Waals surface area contributed by atoms with E-state index >= 15 is 0 Å². The minimum Gasteiger partial charge on any atom is -0.475 e. The molecule has 1 N–H and O–H groups in total. The van der Waals surface area contributed by atoms with Gasteiger partial charge >= 0.3 is 12.1 Å². The zero-order chi connectivity index (χ0) is 11.6. The van der Waals surface area contributed by atoms with Gasteiger partial charge in [-0.15, -0.1) is 0 Å². The second-order valence-corrected chi connectivity index (χ2v) is 2.56. The van der Waals surface area contributed by atoms with Crippen LogP contribution in [0.5, 0.6) is 0 Å². The predicted octanol–water partition coefficient (Wildman–Crippen LogP) is 1.37. The Morgan fingerprint density at radius 2 is 1.87 bits per heavy atom. The average molecular weight is 219 g/mol. The molecule has 80 valence electrons. The molecular formula is C8H4F3NO3. The first-order valence-corrected chi connectivity index (χ1v) is 3.63. The van der Waals surface area contributed by atoms with E-state index < -0.39 is 29.2 Å². The predicted molar refractivity (Wildman–Crippen MR) is 41.2 cm³/mol. The van der Waals surface area contributed by atoms with Gasteiger partial charge in [0.05, 0.1) is 5.56 Å². The monoisotopic (exact) mass is 219 g/mol. The third kappa shape index (κ3) is 2.52. The maximum Gasteiger partial charge on any atom is 0.417 e. The standard InChI is InChI=1S/C8H4F3NO3/c9-8(10,11)4-1-2-5(12-3-4)6(13)7(14)15/h1-3H,(H,14,15). The van der Waals surface area contributed by atoms with Crippen molar-refractivity contribution in [1.82, 2.24) is 4.98 Å². The molecule has 0 spiro atoms. The van der Waals surface area contributed by atoms with Crippen molar-refractivity contribution >= 4 is 11.8 Å². The first-order chi connectivity index (χ1) is 6.82. The second kappa shape index (κ2) is 3.68. The van der Waals surface area contributed by atoms with Gasteiger partial charge in [-0.2, -0.15) is 13.2 Å². The zero-order valence-electron chi connectivity index (χ0n) is 7.08. The molecule has 0 bridgehead atoms. The number of Topliss-reactive ketones (excluding diaryl/α,β-unsaturated/α-hetero) is 1. The number of carboxylic acid groups (broad SMARTS) is 1. The summed E-state index contributed by atoms with van der Waals surface area (Å²) in [5, 5.41) is 8.25. The fourth-order valence-corrected chi connectivity index (χ4v) is 0.805. The fraction of sp³-hybridized carbons (Fsp3) is 0.125. The van der Waals surface area contributed by atoms with Crippen LogP contribution in [0.2, 0.25) is 0 Å². The van der Waals surface area contributed by atoms with Gasteiger partial charge in [-0.3, -0.25) is 9.78 Å². The number of aliphatic carboxylic acids is 1. The Morgan fingerprint density at radius 1 is 1.27 bits per heavy atom. The summed E-state index contributed by atoms with van der Waals surface area (Å²) in [6, 6.07) is 1.32. The lowest BCUT2D eigenvalue weighted by atomic mass is 10.2. The zero-order valence-corrected chi connectivity index (χ0v) is 7.08. The minimum absolute atomic E-state index is 0.413. The van der Waals surface area contributed by atoms with E-state index in [4.69, 9.17) is 5.11 Å². The molecule has 1 heterocycles. The number of rotatable bonds is 2. The molecule has 0 aliphatic heterocycles. The van der Waals surface area contributed by atoms with Crippen LogP contribution in [0.1, 0.15) is 16.1 Å². The summed E-state index contributed by atoms with van der Waals surface area (Å²) in [5.74, 6) is -3.11. The van der Waals surface area contributed by atoms with Crippen LogP contribution >= 0.6 is 0 Å². The van der Waals surface area contributed by atoms with E-state index in [9.17, 15) is 22.8 Å². The molecule has 0 atom stereocenters. The van der Waals surface area contributed by atoms with Crippen LogP contribution in [0.15, 0.2) is 18.3 Å². The smallest absolute Gasteiger partial charge is 0.417 e. The quantitative estimate of drug-likeness (QED) is 0.602. The van der Waals surface area contributed by atoms with Gasteiger partial charge in [0.15, 0.2) is 0 Å². The molecule has 0 saturated heterocycles. The second-order valence-electron chi connectivity index (χ2n) is 2.56. The number of ketones is 1. The van der Waals surface area contributed by atoms with E-state index in [1.807, 2.05) is 0 Å². The number of alkyl halides is 3. The molecule has 0 radical (unpaired) electrons. The third-order valence-corrected chi connectivity index (χ3v) is 1.52. The molecule has 0 fully saturated rings. The Morgan fingerprint density at radius 3 is 2.20 bits per heavy atom.